The van der Waals surface area contributed by atoms with Gasteiger partial charge in [0.1, 0.15) is 0 Å². The number of hydrogen-bond acceptors (Lipinski definition) is 2. The maximum Gasteiger partial charge on any atom is 0.321 e. The van der Waals surface area contributed by atoms with Crippen molar-refractivity contribution in [1.82, 2.24) is 4.90 Å². The van der Waals surface area contributed by atoms with E-state index in [0.29, 0.717) is 13.0 Å². The Kier molecular flexibility index (Phi) is 7.73. The summed E-state index contributed by atoms with van der Waals surface area (Å²) in [6, 6.07) is 7.83. The third-order valence-electron chi connectivity index (χ3n) is 3.24. The first-order chi connectivity index (χ1) is 9.71. The lowest BCUT2D eigenvalue weighted by Gasteiger charge is -2.22. The predicted octanol–water partition coefficient (Wildman–Crippen LogP) is 3.27. The molecule has 0 saturated carbocycles. The molecule has 0 radical (unpaired) electrons. The van der Waals surface area contributed by atoms with Crippen LogP contribution in [0.3, 0.4) is 0 Å². The number of carbonyl (C=O) groups is 1. The van der Waals surface area contributed by atoms with Gasteiger partial charge in [-0.2, -0.15) is 0 Å². The summed E-state index contributed by atoms with van der Waals surface area (Å²) in [4.78, 5) is 14.0. The fourth-order valence-corrected chi connectivity index (χ4v) is 2.00. The maximum atomic E-state index is 12.3. The van der Waals surface area contributed by atoms with Crippen molar-refractivity contribution in [2.24, 2.45) is 0 Å². The number of amides is 2. The first-order valence-electron chi connectivity index (χ1n) is 7.47. The Balaban J connectivity index is 2.63. The summed E-state index contributed by atoms with van der Waals surface area (Å²) in [5, 5.41) is 11.9. The van der Waals surface area contributed by atoms with Crippen LogP contribution >= 0.6 is 0 Å². The molecule has 2 N–H and O–H groups in total. The third kappa shape index (κ3) is 5.61. The first kappa shape index (κ1) is 16.5. The minimum absolute atomic E-state index is 0.0832. The highest BCUT2D eigenvalue weighted by Gasteiger charge is 2.12. The van der Waals surface area contributed by atoms with Crippen molar-refractivity contribution in [3.8, 4) is 0 Å². The van der Waals surface area contributed by atoms with E-state index in [9.17, 15) is 4.79 Å². The largest absolute Gasteiger partial charge is 0.396 e. The number of rotatable bonds is 8. The number of unbranched alkanes of at least 4 members (excludes halogenated alkanes) is 1. The SMILES string of the molecule is CCCCN(CCCO)C(=O)Nc1cccc(CC)c1. The van der Waals surface area contributed by atoms with Gasteiger partial charge in [0.15, 0.2) is 0 Å². The molecule has 112 valence electrons. The molecule has 0 saturated heterocycles. The Morgan fingerprint density at radius 2 is 2.00 bits per heavy atom. The first-order valence-corrected chi connectivity index (χ1v) is 7.47. The van der Waals surface area contributed by atoms with Crippen molar-refractivity contribution in [1.29, 1.82) is 0 Å². The van der Waals surface area contributed by atoms with Crippen molar-refractivity contribution >= 4 is 11.7 Å². The van der Waals surface area contributed by atoms with Crippen LogP contribution in [0.1, 0.15) is 38.7 Å². The summed E-state index contributed by atoms with van der Waals surface area (Å²) >= 11 is 0. The molecule has 4 nitrogen and oxygen atoms in total. The molecular weight excluding hydrogens is 252 g/mol. The van der Waals surface area contributed by atoms with Gasteiger partial charge in [-0.15, -0.1) is 0 Å². The summed E-state index contributed by atoms with van der Waals surface area (Å²) in [7, 11) is 0. The summed E-state index contributed by atoms with van der Waals surface area (Å²) in [5.41, 5.74) is 2.04. The van der Waals surface area contributed by atoms with Crippen LogP contribution in [0.4, 0.5) is 10.5 Å². The second-order valence-electron chi connectivity index (χ2n) is 4.90. The number of aryl methyl sites for hydroxylation is 1. The number of carbonyl (C=O) groups excluding carboxylic acids is 1. The van der Waals surface area contributed by atoms with Crippen molar-refractivity contribution in [3.05, 3.63) is 29.8 Å². The van der Waals surface area contributed by atoms with Crippen LogP contribution in [0.25, 0.3) is 0 Å². The van der Waals surface area contributed by atoms with E-state index < -0.39 is 0 Å². The van der Waals surface area contributed by atoms with Crippen LogP contribution in [-0.2, 0) is 6.42 Å². The molecule has 0 fully saturated rings. The van der Waals surface area contributed by atoms with E-state index >= 15 is 0 Å². The van der Waals surface area contributed by atoms with E-state index in [1.54, 1.807) is 4.90 Å². The number of aliphatic hydroxyl groups excluding tert-OH is 1. The zero-order valence-electron chi connectivity index (χ0n) is 12.6. The van der Waals surface area contributed by atoms with Crippen molar-refractivity contribution < 1.29 is 9.90 Å². The van der Waals surface area contributed by atoms with Gasteiger partial charge in [-0.1, -0.05) is 32.4 Å². The Labute approximate surface area is 121 Å². The van der Waals surface area contributed by atoms with E-state index in [-0.39, 0.29) is 12.6 Å². The van der Waals surface area contributed by atoms with Gasteiger partial charge in [0, 0.05) is 25.4 Å². The molecule has 1 aromatic carbocycles. The average Bonchev–Trinajstić information content (AvgIpc) is 2.47. The minimum atomic E-state index is -0.0832. The lowest BCUT2D eigenvalue weighted by atomic mass is 10.1. The minimum Gasteiger partial charge on any atom is -0.396 e. The van der Waals surface area contributed by atoms with Crippen LogP contribution in [0, 0.1) is 0 Å². The van der Waals surface area contributed by atoms with Crippen molar-refractivity contribution in [2.45, 2.75) is 39.5 Å². The lowest BCUT2D eigenvalue weighted by molar-refractivity contribution is 0.201. The monoisotopic (exact) mass is 278 g/mol. The highest BCUT2D eigenvalue weighted by molar-refractivity contribution is 5.89. The highest BCUT2D eigenvalue weighted by atomic mass is 16.3. The number of anilines is 1. The molecule has 0 unspecified atom stereocenters. The van der Waals surface area contributed by atoms with Crippen LogP contribution in [0.15, 0.2) is 24.3 Å². The molecule has 0 spiro atoms. The van der Waals surface area contributed by atoms with Crippen LogP contribution in [-0.4, -0.2) is 35.7 Å². The molecule has 4 heteroatoms. The van der Waals surface area contributed by atoms with E-state index in [4.69, 9.17) is 5.11 Å². The Morgan fingerprint density at radius 3 is 2.65 bits per heavy atom. The Hall–Kier alpha value is -1.55. The highest BCUT2D eigenvalue weighted by Crippen LogP contribution is 2.12. The molecule has 0 atom stereocenters. The Bertz CT molecular complexity index is 399. The van der Waals surface area contributed by atoms with Crippen LogP contribution < -0.4 is 5.32 Å². The van der Waals surface area contributed by atoms with E-state index in [1.165, 1.54) is 5.56 Å². The molecule has 0 aliphatic heterocycles. The predicted molar refractivity (Wildman–Crippen MR) is 83.0 cm³/mol. The molecular formula is C16H26N2O2. The molecule has 0 bridgehead atoms. The van der Waals surface area contributed by atoms with E-state index in [0.717, 1.165) is 31.5 Å². The lowest BCUT2D eigenvalue weighted by Crippen LogP contribution is -2.36. The summed E-state index contributed by atoms with van der Waals surface area (Å²) in [5.74, 6) is 0. The second-order valence-corrected chi connectivity index (χ2v) is 4.90. The summed E-state index contributed by atoms with van der Waals surface area (Å²) in [6.07, 6.45) is 3.60. The Morgan fingerprint density at radius 1 is 1.25 bits per heavy atom. The zero-order valence-corrected chi connectivity index (χ0v) is 12.6. The van der Waals surface area contributed by atoms with Crippen molar-refractivity contribution in [2.75, 3.05) is 25.0 Å². The summed E-state index contributed by atoms with van der Waals surface area (Å²) < 4.78 is 0. The number of urea groups is 1. The van der Waals surface area contributed by atoms with Gasteiger partial charge in [-0.25, -0.2) is 4.79 Å². The topological polar surface area (TPSA) is 52.6 Å². The normalized spacial score (nSPS) is 10.3. The number of nitrogens with one attached hydrogen (secondary N) is 1. The maximum absolute atomic E-state index is 12.3. The number of nitrogens with zero attached hydrogens (tertiary/aromatic N) is 1. The fourth-order valence-electron chi connectivity index (χ4n) is 2.00. The van der Waals surface area contributed by atoms with Gasteiger partial charge in [0.25, 0.3) is 0 Å². The van der Waals surface area contributed by atoms with Crippen molar-refractivity contribution in [3.63, 3.8) is 0 Å². The smallest absolute Gasteiger partial charge is 0.321 e. The summed E-state index contributed by atoms with van der Waals surface area (Å²) in [6.45, 7) is 5.63. The van der Waals surface area contributed by atoms with E-state index in [2.05, 4.69) is 25.2 Å². The molecule has 20 heavy (non-hydrogen) atoms. The molecule has 2 amide bonds. The second kappa shape index (κ2) is 9.37. The fraction of sp³-hybridized carbons (Fsp3) is 0.562. The number of aliphatic hydroxyl groups is 1. The molecule has 1 aromatic rings. The number of benzene rings is 1. The molecule has 1 rings (SSSR count). The van der Waals surface area contributed by atoms with Crippen LogP contribution in [0.2, 0.25) is 0 Å². The third-order valence-corrected chi connectivity index (χ3v) is 3.24. The van der Waals surface area contributed by atoms with Gasteiger partial charge < -0.3 is 15.3 Å². The van der Waals surface area contributed by atoms with Gasteiger partial charge in [0.2, 0.25) is 0 Å². The molecule has 0 aliphatic carbocycles. The molecule has 0 aromatic heterocycles. The van der Waals surface area contributed by atoms with Gasteiger partial charge in [-0.05, 0) is 37.0 Å². The molecule has 0 aliphatic rings. The van der Waals surface area contributed by atoms with Gasteiger partial charge in [-0.3, -0.25) is 0 Å². The zero-order chi connectivity index (χ0) is 14.8. The molecule has 0 heterocycles. The quantitative estimate of drug-likeness (QED) is 0.767. The van der Waals surface area contributed by atoms with Gasteiger partial charge >= 0.3 is 6.03 Å². The van der Waals surface area contributed by atoms with Crippen LogP contribution in [0.5, 0.6) is 0 Å². The van der Waals surface area contributed by atoms with E-state index in [1.807, 2.05) is 18.2 Å². The average molecular weight is 278 g/mol. The number of hydrogen-bond donors (Lipinski definition) is 2. The van der Waals surface area contributed by atoms with Gasteiger partial charge in [0.05, 0.1) is 0 Å². The standard InChI is InChI=1S/C16H26N2O2/c1-3-5-10-18(11-7-12-19)16(20)17-15-9-6-8-14(4-2)13-15/h6,8-9,13,19H,3-5,7,10-12H2,1-2H3,(H,17,20).